The minimum Gasteiger partial charge on any atom is -0.387 e. The van der Waals surface area contributed by atoms with Crippen molar-refractivity contribution in [3.05, 3.63) is 69.7 Å². The Labute approximate surface area is 323 Å². The molecular weight excluding hydrogens is 706 g/mol. The van der Waals surface area contributed by atoms with Crippen molar-refractivity contribution in [2.75, 3.05) is 13.1 Å². The molecule has 290 valence electrons. The van der Waals surface area contributed by atoms with Crippen LogP contribution in [0.15, 0.2) is 47.6 Å². The topological polar surface area (TPSA) is 146 Å². The Morgan fingerprint density at radius 3 is 2.39 bits per heavy atom. The second-order valence-electron chi connectivity index (χ2n) is 16.8. The quantitative estimate of drug-likeness (QED) is 0.220. The third-order valence-electron chi connectivity index (χ3n) is 11.3. The molecule has 2 heterocycles. The molecule has 1 spiro atoms. The van der Waals surface area contributed by atoms with Crippen molar-refractivity contribution in [1.82, 2.24) is 20.9 Å². The molecule has 11 nitrogen and oxygen atoms in total. The molecule has 6 atom stereocenters. The summed E-state index contributed by atoms with van der Waals surface area (Å²) in [5.74, 6) is -2.57. The third-order valence-corrected chi connectivity index (χ3v) is 11.6. The van der Waals surface area contributed by atoms with E-state index >= 15 is 0 Å². The van der Waals surface area contributed by atoms with E-state index in [0.29, 0.717) is 30.0 Å². The van der Waals surface area contributed by atoms with Crippen molar-refractivity contribution in [3.8, 4) is 0 Å². The van der Waals surface area contributed by atoms with Crippen LogP contribution in [0.2, 0.25) is 5.02 Å². The van der Waals surface area contributed by atoms with Crippen LogP contribution >= 0.6 is 11.6 Å². The molecule has 2 aromatic carbocycles. The first kappa shape index (κ1) is 39.4. The maximum absolute atomic E-state index is 14.8. The van der Waals surface area contributed by atoms with Gasteiger partial charge in [-0.15, -0.1) is 0 Å². The number of aryl methyl sites for hydroxylation is 1. The zero-order chi connectivity index (χ0) is 38.9. The molecular formula is C42H54ClN5O6. The van der Waals surface area contributed by atoms with E-state index in [1.54, 1.807) is 6.92 Å². The van der Waals surface area contributed by atoms with Crippen LogP contribution in [0.3, 0.4) is 0 Å². The van der Waals surface area contributed by atoms with Crippen molar-refractivity contribution in [3.63, 3.8) is 0 Å². The number of carbonyl (C=O) groups is 5. The lowest BCUT2D eigenvalue weighted by Gasteiger charge is -2.35. The van der Waals surface area contributed by atoms with Crippen LogP contribution in [0.5, 0.6) is 0 Å². The lowest BCUT2D eigenvalue weighted by Crippen LogP contribution is -2.59. The van der Waals surface area contributed by atoms with Gasteiger partial charge in [-0.05, 0) is 79.2 Å². The van der Waals surface area contributed by atoms with Crippen molar-refractivity contribution >= 4 is 46.7 Å². The number of nitrogens with one attached hydrogen (secondary N) is 3. The summed E-state index contributed by atoms with van der Waals surface area (Å²) in [6.07, 6.45) is 5.11. The van der Waals surface area contributed by atoms with Crippen LogP contribution in [0.25, 0.3) is 0 Å². The summed E-state index contributed by atoms with van der Waals surface area (Å²) in [5.41, 5.74) is 2.96. The molecule has 0 radical (unpaired) electrons. The number of rotatable bonds is 14. The molecule has 0 unspecified atom stereocenters. The van der Waals surface area contributed by atoms with Crippen molar-refractivity contribution in [1.29, 1.82) is 0 Å². The highest BCUT2D eigenvalue weighted by Crippen LogP contribution is 2.48. The van der Waals surface area contributed by atoms with Gasteiger partial charge in [0.15, 0.2) is 5.60 Å². The van der Waals surface area contributed by atoms with Gasteiger partial charge in [0.2, 0.25) is 23.5 Å². The Kier molecular flexibility index (Phi) is 11.6. The zero-order valence-electron chi connectivity index (χ0n) is 32.3. The number of hydrogen-bond acceptors (Lipinski definition) is 7. The van der Waals surface area contributed by atoms with Gasteiger partial charge >= 0.3 is 0 Å². The Bertz CT molecular complexity index is 1800. The number of ketones is 1. The molecule has 2 aliphatic carbocycles. The van der Waals surface area contributed by atoms with Gasteiger partial charge in [-0.2, -0.15) is 0 Å². The van der Waals surface area contributed by atoms with Gasteiger partial charge < -0.3 is 25.7 Å². The Morgan fingerprint density at radius 2 is 1.76 bits per heavy atom. The molecule has 3 fully saturated rings. The van der Waals surface area contributed by atoms with Crippen molar-refractivity contribution < 1.29 is 28.8 Å². The first-order chi connectivity index (χ1) is 25.6. The fourth-order valence-corrected chi connectivity index (χ4v) is 8.36. The fourth-order valence-electron chi connectivity index (χ4n) is 8.00. The fraction of sp³-hybridized carbons (Fsp3) is 0.571. The summed E-state index contributed by atoms with van der Waals surface area (Å²) in [4.78, 5) is 76.5. The zero-order valence-corrected chi connectivity index (χ0v) is 33.1. The molecule has 0 aromatic heterocycles. The normalized spacial score (nSPS) is 24.3. The lowest BCUT2D eigenvalue weighted by molar-refractivity contribution is -0.145. The maximum atomic E-state index is 14.8. The largest absolute Gasteiger partial charge is 0.387 e. The predicted molar refractivity (Wildman–Crippen MR) is 207 cm³/mol. The molecule has 0 bridgehead atoms. The molecule has 6 rings (SSSR count). The van der Waals surface area contributed by atoms with Crippen LogP contribution in [0.4, 0.5) is 0 Å². The smallest absolute Gasteiger partial charge is 0.289 e. The van der Waals surface area contributed by atoms with Crippen molar-refractivity contribution in [2.45, 2.75) is 123 Å². The maximum Gasteiger partial charge on any atom is 0.289 e. The standard InChI is InChI=1S/C42H54ClN5O6/c1-7-12-28-24(3)17-27(19-31(28)43)33-21-42(54-47-33)22-34(38(51)45-32(18-25-15-16-25)35(49)39(52)44-8-2)48(23-42)40(53)36(41(4,5)6)46-37(50)30-20-29(30)26-13-10-9-11-14-26/h9-11,13-14,17,19,25,29-30,32,34,36H,7-8,12,15-16,18,20-23H2,1-6H3,(H,44,52)(H,45,51)(H,46,50)/t29-,30+,32-,34-,36+,42+/m0/s1. The second-order valence-corrected chi connectivity index (χ2v) is 17.2. The summed E-state index contributed by atoms with van der Waals surface area (Å²) in [5, 5.41) is 13.6. The number of hydrogen-bond donors (Lipinski definition) is 3. The molecule has 54 heavy (non-hydrogen) atoms. The van der Waals surface area contributed by atoms with Gasteiger partial charge in [0, 0.05) is 35.9 Å². The number of nitrogens with zero attached hydrogens (tertiary/aromatic N) is 2. The molecule has 4 amide bonds. The second kappa shape index (κ2) is 15.8. The number of carbonyl (C=O) groups excluding carboxylic acids is 5. The number of oxime groups is 1. The Hall–Kier alpha value is -4.25. The lowest BCUT2D eigenvalue weighted by atomic mass is 9.85. The molecule has 2 saturated carbocycles. The molecule has 12 heteroatoms. The van der Waals surface area contributed by atoms with Crippen LogP contribution in [0, 0.1) is 24.2 Å². The minimum absolute atomic E-state index is 0.0353. The summed E-state index contributed by atoms with van der Waals surface area (Å²) in [7, 11) is 0. The van der Waals surface area contributed by atoms with Gasteiger partial charge in [-0.3, -0.25) is 24.0 Å². The van der Waals surface area contributed by atoms with E-state index in [2.05, 4.69) is 28.0 Å². The summed E-state index contributed by atoms with van der Waals surface area (Å²) >= 11 is 6.73. The first-order valence-electron chi connectivity index (χ1n) is 19.5. The Morgan fingerprint density at radius 1 is 1.04 bits per heavy atom. The van der Waals surface area contributed by atoms with Crippen LogP contribution in [-0.4, -0.2) is 76.8 Å². The number of amides is 4. The minimum atomic E-state index is -1.05. The summed E-state index contributed by atoms with van der Waals surface area (Å²) in [6, 6.07) is 10.8. The molecule has 1 saturated heterocycles. The predicted octanol–water partition coefficient (Wildman–Crippen LogP) is 5.39. The van der Waals surface area contributed by atoms with Gasteiger partial charge in [0.05, 0.1) is 18.3 Å². The third kappa shape index (κ3) is 8.66. The van der Waals surface area contributed by atoms with E-state index in [1.165, 1.54) is 4.90 Å². The van der Waals surface area contributed by atoms with Crippen LogP contribution in [-0.2, 0) is 35.2 Å². The number of Topliss-reactive ketones (excluding diaryl/α,β-unsaturated/α-hetero) is 1. The SMILES string of the molecule is CCCc1c(C)cc(C2=NO[C@]3(C2)C[C@@H](C(=O)N[C@@H](CC2CC2)C(=O)C(=O)NCC)N(C(=O)[C@@H](NC(=O)[C@@H]2C[C@H]2c2ccccc2)C(C)(C)C)C3)cc1Cl. The molecule has 2 aliphatic heterocycles. The average molecular weight is 760 g/mol. The molecule has 4 aliphatic rings. The van der Waals surface area contributed by atoms with E-state index in [-0.39, 0.29) is 43.2 Å². The highest BCUT2D eigenvalue weighted by Gasteiger charge is 2.56. The van der Waals surface area contributed by atoms with E-state index < -0.39 is 52.6 Å². The Balaban J connectivity index is 1.26. The monoisotopic (exact) mass is 759 g/mol. The van der Waals surface area contributed by atoms with Crippen LogP contribution < -0.4 is 16.0 Å². The van der Waals surface area contributed by atoms with E-state index in [1.807, 2.05) is 70.2 Å². The highest BCUT2D eigenvalue weighted by molar-refractivity contribution is 6.38. The summed E-state index contributed by atoms with van der Waals surface area (Å²) < 4.78 is 0. The van der Waals surface area contributed by atoms with Gasteiger partial charge in [0.1, 0.15) is 12.1 Å². The highest BCUT2D eigenvalue weighted by atomic mass is 35.5. The molecule has 2 aromatic rings. The number of likely N-dealkylation sites (N-methyl/N-ethyl adjacent to an activating group) is 1. The van der Waals surface area contributed by atoms with E-state index in [0.717, 1.165) is 47.9 Å². The van der Waals surface area contributed by atoms with Crippen LogP contribution in [0.1, 0.15) is 108 Å². The molecule has 3 N–H and O–H groups in total. The van der Waals surface area contributed by atoms with E-state index in [4.69, 9.17) is 16.4 Å². The number of likely N-dealkylation sites (tertiary alicyclic amines) is 1. The van der Waals surface area contributed by atoms with E-state index in [9.17, 15) is 24.0 Å². The summed E-state index contributed by atoms with van der Waals surface area (Å²) in [6.45, 7) is 11.8. The van der Waals surface area contributed by atoms with Crippen molar-refractivity contribution in [2.24, 2.45) is 22.4 Å². The van der Waals surface area contributed by atoms with Gasteiger partial charge in [0.25, 0.3) is 5.91 Å². The average Bonchev–Trinajstić information content (AvgIpc) is 4.05. The number of halogens is 1. The first-order valence-corrected chi connectivity index (χ1v) is 19.8. The van der Waals surface area contributed by atoms with Gasteiger partial charge in [-0.1, -0.05) is 94.0 Å². The van der Waals surface area contributed by atoms with Gasteiger partial charge in [-0.25, -0.2) is 0 Å². The number of benzene rings is 2.